The first kappa shape index (κ1) is 15.0. The molecule has 0 spiro atoms. The highest BCUT2D eigenvalue weighted by molar-refractivity contribution is 5.81. The van der Waals surface area contributed by atoms with Gasteiger partial charge in [0.2, 0.25) is 5.91 Å². The van der Waals surface area contributed by atoms with Gasteiger partial charge in [0.1, 0.15) is 6.54 Å². The molecule has 1 aliphatic rings. The van der Waals surface area contributed by atoms with E-state index >= 15 is 0 Å². The smallest absolute Gasteiger partial charge is 0.323 e. The Balaban J connectivity index is 2.39. The number of aliphatic carboxylic acids is 1. The fourth-order valence-electron chi connectivity index (χ4n) is 2.16. The van der Waals surface area contributed by atoms with E-state index in [1.165, 1.54) is 4.90 Å². The number of carbonyl (C=O) groups excluding carboxylic acids is 1. The van der Waals surface area contributed by atoms with Crippen LogP contribution in [-0.2, 0) is 14.3 Å². The summed E-state index contributed by atoms with van der Waals surface area (Å²) in [5, 5.41) is 8.81. The normalized spacial score (nSPS) is 19.2. The minimum Gasteiger partial charge on any atom is -0.480 e. The van der Waals surface area contributed by atoms with Crippen molar-refractivity contribution < 1.29 is 19.4 Å². The first-order chi connectivity index (χ1) is 8.49. The van der Waals surface area contributed by atoms with Crippen molar-refractivity contribution in [3.05, 3.63) is 0 Å². The summed E-state index contributed by atoms with van der Waals surface area (Å²) < 4.78 is 5.26. The van der Waals surface area contributed by atoms with Gasteiger partial charge in [0.15, 0.2) is 0 Å². The van der Waals surface area contributed by atoms with Crippen LogP contribution in [0.15, 0.2) is 0 Å². The predicted molar refractivity (Wildman–Crippen MR) is 67.2 cm³/mol. The molecule has 0 radical (unpaired) electrons. The van der Waals surface area contributed by atoms with E-state index in [1.807, 2.05) is 13.8 Å². The summed E-state index contributed by atoms with van der Waals surface area (Å²) in [5.41, 5.74) is 0. The topological polar surface area (TPSA) is 66.8 Å². The van der Waals surface area contributed by atoms with E-state index in [0.29, 0.717) is 18.9 Å². The summed E-state index contributed by atoms with van der Waals surface area (Å²) in [5.74, 6) is -0.269. The maximum Gasteiger partial charge on any atom is 0.323 e. The molecule has 0 aromatic carbocycles. The minimum absolute atomic E-state index is 0.0574. The molecule has 104 valence electrons. The summed E-state index contributed by atoms with van der Waals surface area (Å²) in [6, 6.07) is 0. The second-order valence-corrected chi connectivity index (χ2v) is 5.33. The monoisotopic (exact) mass is 257 g/mol. The Labute approximate surface area is 108 Å². The Morgan fingerprint density at radius 2 is 2.17 bits per heavy atom. The van der Waals surface area contributed by atoms with Gasteiger partial charge >= 0.3 is 5.97 Å². The third-order valence-electron chi connectivity index (χ3n) is 3.05. The number of carboxylic acid groups (broad SMARTS) is 1. The molecule has 1 aliphatic heterocycles. The van der Waals surface area contributed by atoms with Gasteiger partial charge in [0, 0.05) is 26.2 Å². The molecule has 0 saturated carbocycles. The van der Waals surface area contributed by atoms with Crippen molar-refractivity contribution in [3.63, 3.8) is 0 Å². The van der Waals surface area contributed by atoms with Crippen LogP contribution >= 0.6 is 0 Å². The summed E-state index contributed by atoms with van der Waals surface area (Å²) in [7, 11) is 0. The van der Waals surface area contributed by atoms with Crippen LogP contribution < -0.4 is 0 Å². The lowest BCUT2D eigenvalue weighted by Gasteiger charge is -2.23. The van der Waals surface area contributed by atoms with Gasteiger partial charge < -0.3 is 14.7 Å². The van der Waals surface area contributed by atoms with Gasteiger partial charge in [-0.25, -0.2) is 0 Å². The van der Waals surface area contributed by atoms with Gasteiger partial charge in [-0.2, -0.15) is 0 Å². The van der Waals surface area contributed by atoms with Crippen molar-refractivity contribution in [1.29, 1.82) is 0 Å². The Bertz CT molecular complexity index is 285. The molecule has 0 aromatic rings. The molecule has 1 rings (SSSR count). The van der Waals surface area contributed by atoms with Crippen molar-refractivity contribution in [2.75, 3.05) is 26.3 Å². The van der Waals surface area contributed by atoms with Crippen LogP contribution in [0.25, 0.3) is 0 Å². The lowest BCUT2D eigenvalue weighted by molar-refractivity contribution is -0.144. The van der Waals surface area contributed by atoms with Crippen LogP contribution in [0, 0.1) is 11.8 Å². The largest absolute Gasteiger partial charge is 0.480 e. The van der Waals surface area contributed by atoms with Gasteiger partial charge in [-0.1, -0.05) is 13.8 Å². The minimum atomic E-state index is -0.951. The molecule has 1 fully saturated rings. The van der Waals surface area contributed by atoms with Crippen LogP contribution in [0.2, 0.25) is 0 Å². The van der Waals surface area contributed by atoms with Crippen molar-refractivity contribution in [3.8, 4) is 0 Å². The Morgan fingerprint density at radius 1 is 1.44 bits per heavy atom. The highest BCUT2D eigenvalue weighted by Crippen LogP contribution is 2.18. The molecule has 1 N–H and O–H groups in total. The SMILES string of the molecule is CC(C)CN(CC(=O)O)C(=O)CCC1CCOC1. The third-order valence-corrected chi connectivity index (χ3v) is 3.05. The van der Waals surface area contributed by atoms with Gasteiger partial charge in [0.25, 0.3) is 0 Å². The lowest BCUT2D eigenvalue weighted by Crippen LogP contribution is -2.38. The van der Waals surface area contributed by atoms with E-state index in [-0.39, 0.29) is 18.4 Å². The molecule has 5 heteroatoms. The second kappa shape index (κ2) is 7.36. The van der Waals surface area contributed by atoms with Crippen molar-refractivity contribution in [2.45, 2.75) is 33.1 Å². The lowest BCUT2D eigenvalue weighted by atomic mass is 10.0. The number of hydrogen-bond donors (Lipinski definition) is 1. The first-order valence-corrected chi connectivity index (χ1v) is 6.56. The van der Waals surface area contributed by atoms with E-state index in [2.05, 4.69) is 0 Å². The van der Waals surface area contributed by atoms with Crippen LogP contribution in [-0.4, -0.2) is 48.2 Å². The van der Waals surface area contributed by atoms with E-state index in [0.717, 1.165) is 26.1 Å². The summed E-state index contributed by atoms with van der Waals surface area (Å²) >= 11 is 0. The number of carboxylic acids is 1. The number of rotatable bonds is 7. The first-order valence-electron chi connectivity index (χ1n) is 6.56. The standard InChI is InChI=1S/C13H23NO4/c1-10(2)7-14(8-13(16)17)12(15)4-3-11-5-6-18-9-11/h10-11H,3-9H2,1-2H3,(H,16,17). The maximum absolute atomic E-state index is 12.0. The highest BCUT2D eigenvalue weighted by atomic mass is 16.5. The molecule has 1 atom stereocenters. The molecule has 5 nitrogen and oxygen atoms in total. The van der Waals surface area contributed by atoms with E-state index in [4.69, 9.17) is 9.84 Å². The van der Waals surface area contributed by atoms with E-state index in [9.17, 15) is 9.59 Å². The van der Waals surface area contributed by atoms with Gasteiger partial charge in [-0.3, -0.25) is 9.59 Å². The average Bonchev–Trinajstić information content (AvgIpc) is 2.76. The average molecular weight is 257 g/mol. The quantitative estimate of drug-likeness (QED) is 0.748. The molecule has 0 bridgehead atoms. The van der Waals surface area contributed by atoms with E-state index < -0.39 is 5.97 Å². The molecule has 1 saturated heterocycles. The Kier molecular flexibility index (Phi) is 6.12. The maximum atomic E-state index is 12.0. The zero-order chi connectivity index (χ0) is 13.5. The summed E-state index contributed by atoms with van der Waals surface area (Å²) in [6.07, 6.45) is 2.23. The fourth-order valence-corrected chi connectivity index (χ4v) is 2.16. The van der Waals surface area contributed by atoms with Crippen LogP contribution in [0.4, 0.5) is 0 Å². The molecule has 1 amide bonds. The predicted octanol–water partition coefficient (Wildman–Crippen LogP) is 1.37. The molecule has 18 heavy (non-hydrogen) atoms. The molecular formula is C13H23NO4. The van der Waals surface area contributed by atoms with Crippen molar-refractivity contribution in [2.24, 2.45) is 11.8 Å². The van der Waals surface area contributed by atoms with Crippen LogP contribution in [0.3, 0.4) is 0 Å². The fraction of sp³-hybridized carbons (Fsp3) is 0.846. The van der Waals surface area contributed by atoms with Gasteiger partial charge in [-0.05, 0) is 24.7 Å². The highest BCUT2D eigenvalue weighted by Gasteiger charge is 2.21. The summed E-state index contributed by atoms with van der Waals surface area (Å²) in [6.45, 7) is 5.78. The van der Waals surface area contributed by atoms with Crippen LogP contribution in [0.1, 0.15) is 33.1 Å². The molecule has 1 heterocycles. The number of carbonyl (C=O) groups is 2. The second-order valence-electron chi connectivity index (χ2n) is 5.33. The summed E-state index contributed by atoms with van der Waals surface area (Å²) in [4.78, 5) is 24.2. The van der Waals surface area contributed by atoms with Gasteiger partial charge in [-0.15, -0.1) is 0 Å². The Morgan fingerprint density at radius 3 is 2.67 bits per heavy atom. The number of amides is 1. The number of ether oxygens (including phenoxy) is 1. The molecule has 1 unspecified atom stereocenters. The van der Waals surface area contributed by atoms with Crippen LogP contribution in [0.5, 0.6) is 0 Å². The zero-order valence-corrected chi connectivity index (χ0v) is 11.2. The van der Waals surface area contributed by atoms with Crippen molar-refractivity contribution >= 4 is 11.9 Å². The third kappa shape index (κ3) is 5.49. The Hall–Kier alpha value is -1.10. The van der Waals surface area contributed by atoms with Gasteiger partial charge in [0.05, 0.1) is 0 Å². The number of hydrogen-bond acceptors (Lipinski definition) is 3. The van der Waals surface area contributed by atoms with Crippen molar-refractivity contribution in [1.82, 2.24) is 4.90 Å². The molecular weight excluding hydrogens is 234 g/mol. The number of nitrogens with zero attached hydrogens (tertiary/aromatic N) is 1. The zero-order valence-electron chi connectivity index (χ0n) is 11.2. The van der Waals surface area contributed by atoms with E-state index in [1.54, 1.807) is 0 Å². The molecule has 0 aromatic heterocycles. The molecule has 0 aliphatic carbocycles.